The number of carbonyl (C=O) groups is 1. The molecule has 0 spiro atoms. The Morgan fingerprint density at radius 3 is 2.42 bits per heavy atom. The average molecular weight is 426 g/mol. The summed E-state index contributed by atoms with van der Waals surface area (Å²) >= 11 is 0. The van der Waals surface area contributed by atoms with Crippen LogP contribution in [0.15, 0.2) is 65.2 Å². The van der Waals surface area contributed by atoms with Crippen LogP contribution in [-0.4, -0.2) is 11.2 Å². The number of aryl methyl sites for hydroxylation is 1. The number of nitrogens with zero attached hydrogens (tertiary/aromatic N) is 1. The van der Waals surface area contributed by atoms with Gasteiger partial charge in [0.25, 0.3) is 0 Å². The van der Waals surface area contributed by atoms with Crippen molar-refractivity contribution in [1.29, 1.82) is 0 Å². The monoisotopic (exact) mass is 426 g/mol. The molecule has 3 aromatic carbocycles. The summed E-state index contributed by atoms with van der Waals surface area (Å²) in [7, 11) is 0. The summed E-state index contributed by atoms with van der Waals surface area (Å²) in [5.41, 5.74) is 8.80. The molecule has 158 valence electrons. The van der Waals surface area contributed by atoms with Crippen molar-refractivity contribution in [3.8, 4) is 11.1 Å². The van der Waals surface area contributed by atoms with Crippen LogP contribution in [0.25, 0.3) is 22.1 Å². The fourth-order valence-electron chi connectivity index (χ4n) is 3.24. The van der Waals surface area contributed by atoms with Crippen LogP contribution in [0.1, 0.15) is 11.1 Å². The summed E-state index contributed by atoms with van der Waals surface area (Å²) in [6.07, 6.45) is -4.49. The van der Waals surface area contributed by atoms with Crippen LogP contribution in [0.3, 0.4) is 0 Å². The van der Waals surface area contributed by atoms with Gasteiger partial charge >= 0.3 is 12.2 Å². The van der Waals surface area contributed by atoms with Crippen molar-refractivity contribution in [3.63, 3.8) is 0 Å². The van der Waals surface area contributed by atoms with Crippen LogP contribution >= 0.6 is 0 Å². The van der Waals surface area contributed by atoms with Gasteiger partial charge in [0.05, 0.1) is 10.9 Å². The van der Waals surface area contributed by atoms with Gasteiger partial charge in [0.2, 0.25) is 0 Å². The van der Waals surface area contributed by atoms with Gasteiger partial charge in [0, 0.05) is 11.4 Å². The van der Waals surface area contributed by atoms with Gasteiger partial charge in [0.1, 0.15) is 0 Å². The second-order valence-electron chi connectivity index (χ2n) is 6.94. The number of hydrogen-bond donors (Lipinski definition) is 3. The third kappa shape index (κ3) is 4.16. The lowest BCUT2D eigenvalue weighted by atomic mass is 9.99. The predicted molar refractivity (Wildman–Crippen MR) is 113 cm³/mol. The van der Waals surface area contributed by atoms with E-state index in [9.17, 15) is 18.0 Å². The maximum atomic E-state index is 12.8. The molecule has 4 rings (SSSR count). The molecule has 0 fully saturated rings. The lowest BCUT2D eigenvalue weighted by Gasteiger charge is -2.11. The van der Waals surface area contributed by atoms with Crippen molar-refractivity contribution in [2.45, 2.75) is 13.1 Å². The number of urea groups is 1. The van der Waals surface area contributed by atoms with E-state index in [1.54, 1.807) is 24.3 Å². The summed E-state index contributed by atoms with van der Waals surface area (Å²) in [5, 5.41) is 9.53. The molecule has 4 N–H and O–H groups in total. The van der Waals surface area contributed by atoms with Gasteiger partial charge in [-0.05, 0) is 53.9 Å². The molecule has 0 aliphatic heterocycles. The number of nitrogens with one attached hydrogen (secondary N) is 2. The highest BCUT2D eigenvalue weighted by Crippen LogP contribution is 2.35. The number of nitrogens with two attached hydrogens (primary N) is 1. The quantitative estimate of drug-likeness (QED) is 0.372. The van der Waals surface area contributed by atoms with Gasteiger partial charge in [-0.25, -0.2) is 4.79 Å². The Kier molecular flexibility index (Phi) is 5.02. The number of rotatable bonds is 3. The Bertz CT molecular complexity index is 1260. The fourth-order valence-corrected chi connectivity index (χ4v) is 3.24. The number of halogens is 3. The molecule has 0 aliphatic rings. The Morgan fingerprint density at radius 2 is 1.71 bits per heavy atom. The molecule has 4 aromatic rings. The fraction of sp³-hybridized carbons (Fsp3) is 0.0909. The van der Waals surface area contributed by atoms with E-state index in [0.717, 1.165) is 28.8 Å². The first-order valence-electron chi connectivity index (χ1n) is 9.22. The number of fused-ring (bicyclic) bond motifs is 1. The Hall–Kier alpha value is -4.01. The molecule has 1 heterocycles. The zero-order chi connectivity index (χ0) is 22.2. The van der Waals surface area contributed by atoms with Crippen molar-refractivity contribution in [3.05, 3.63) is 71.8 Å². The maximum Gasteiger partial charge on any atom is 0.416 e. The maximum absolute atomic E-state index is 12.8. The van der Waals surface area contributed by atoms with E-state index in [1.807, 2.05) is 19.1 Å². The van der Waals surface area contributed by atoms with E-state index in [-0.39, 0.29) is 11.5 Å². The molecule has 6 nitrogen and oxygen atoms in total. The van der Waals surface area contributed by atoms with Gasteiger partial charge in [-0.15, -0.1) is 0 Å². The number of carbonyl (C=O) groups excluding carboxylic acids is 1. The predicted octanol–water partition coefficient (Wildman–Crippen LogP) is 6.05. The molecule has 0 saturated heterocycles. The lowest BCUT2D eigenvalue weighted by Crippen LogP contribution is -2.19. The number of hydrogen-bond acceptors (Lipinski definition) is 4. The minimum absolute atomic E-state index is 0.0360. The molecule has 9 heteroatoms. The van der Waals surface area contributed by atoms with Crippen molar-refractivity contribution in [2.24, 2.45) is 0 Å². The van der Waals surface area contributed by atoms with E-state index in [2.05, 4.69) is 15.8 Å². The molecule has 0 atom stereocenters. The zero-order valence-electron chi connectivity index (χ0n) is 16.2. The zero-order valence-corrected chi connectivity index (χ0v) is 16.2. The average Bonchev–Trinajstić information content (AvgIpc) is 3.11. The summed E-state index contributed by atoms with van der Waals surface area (Å²) in [6.45, 7) is 1.90. The van der Waals surface area contributed by atoms with Crippen LogP contribution < -0.4 is 16.4 Å². The smallest absolute Gasteiger partial charge is 0.380 e. The van der Waals surface area contributed by atoms with Crippen molar-refractivity contribution in [1.82, 2.24) is 5.16 Å². The van der Waals surface area contributed by atoms with Crippen molar-refractivity contribution in [2.75, 3.05) is 16.4 Å². The second-order valence-corrected chi connectivity index (χ2v) is 6.94. The molecule has 0 saturated carbocycles. The molecule has 0 unspecified atom stereocenters. The number of benzene rings is 3. The molecule has 2 amide bonds. The van der Waals surface area contributed by atoms with E-state index in [1.165, 1.54) is 12.1 Å². The number of alkyl halides is 3. The standard InChI is InChI=1S/C22H17F3N4O2/c1-12-5-10-17(18-19(12)31-29-20(18)26)13-6-8-15(9-7-13)27-21(30)28-16-4-2-3-14(11-16)22(23,24)25/h2-11H,1H3,(H2,26,29)(H2,27,28,30). The number of aromatic nitrogens is 1. The summed E-state index contributed by atoms with van der Waals surface area (Å²) in [5.74, 6) is 0.288. The first-order valence-corrected chi connectivity index (χ1v) is 9.22. The third-order valence-corrected chi connectivity index (χ3v) is 4.75. The Labute approximate surface area is 174 Å². The molecular weight excluding hydrogens is 409 g/mol. The topological polar surface area (TPSA) is 93.2 Å². The SMILES string of the molecule is Cc1ccc(-c2ccc(NC(=O)Nc3cccc(C(F)(F)F)c3)cc2)c2c(N)noc12. The highest BCUT2D eigenvalue weighted by Gasteiger charge is 2.30. The minimum atomic E-state index is -4.49. The van der Waals surface area contributed by atoms with Gasteiger partial charge in [-0.2, -0.15) is 13.2 Å². The van der Waals surface area contributed by atoms with Crippen LogP contribution in [0.4, 0.5) is 35.2 Å². The highest BCUT2D eigenvalue weighted by molar-refractivity contribution is 6.03. The van der Waals surface area contributed by atoms with Crippen LogP contribution in [0, 0.1) is 6.92 Å². The first-order chi connectivity index (χ1) is 14.7. The van der Waals surface area contributed by atoms with E-state index >= 15 is 0 Å². The number of nitrogen functional groups attached to an aromatic ring is 1. The number of amides is 2. The molecule has 1 aromatic heterocycles. The van der Waals surface area contributed by atoms with Gasteiger partial charge in [-0.1, -0.05) is 35.5 Å². The molecular formula is C22H17F3N4O2. The van der Waals surface area contributed by atoms with Gasteiger partial charge in [-0.3, -0.25) is 0 Å². The van der Waals surface area contributed by atoms with Crippen LogP contribution in [0.5, 0.6) is 0 Å². The normalized spacial score (nSPS) is 11.5. The largest absolute Gasteiger partial charge is 0.416 e. The van der Waals surface area contributed by atoms with E-state index in [4.69, 9.17) is 10.3 Å². The van der Waals surface area contributed by atoms with E-state index < -0.39 is 17.8 Å². The third-order valence-electron chi connectivity index (χ3n) is 4.75. The summed E-state index contributed by atoms with van der Waals surface area (Å²) in [4.78, 5) is 12.2. The van der Waals surface area contributed by atoms with Crippen LogP contribution in [0.2, 0.25) is 0 Å². The van der Waals surface area contributed by atoms with Gasteiger partial charge < -0.3 is 20.9 Å². The van der Waals surface area contributed by atoms with Crippen molar-refractivity contribution < 1.29 is 22.5 Å². The minimum Gasteiger partial charge on any atom is -0.380 e. The highest BCUT2D eigenvalue weighted by atomic mass is 19.4. The Morgan fingerprint density at radius 1 is 1.00 bits per heavy atom. The lowest BCUT2D eigenvalue weighted by molar-refractivity contribution is -0.137. The molecule has 0 radical (unpaired) electrons. The number of anilines is 3. The Balaban J connectivity index is 1.50. The van der Waals surface area contributed by atoms with Crippen molar-refractivity contribution >= 4 is 34.2 Å². The van der Waals surface area contributed by atoms with E-state index in [0.29, 0.717) is 16.7 Å². The van der Waals surface area contributed by atoms with Gasteiger partial charge in [0.15, 0.2) is 11.4 Å². The molecule has 31 heavy (non-hydrogen) atoms. The summed E-state index contributed by atoms with van der Waals surface area (Å²) in [6, 6.07) is 14.5. The van der Waals surface area contributed by atoms with Crippen LogP contribution in [-0.2, 0) is 6.18 Å². The molecule has 0 aliphatic carbocycles. The molecule has 0 bridgehead atoms. The first kappa shape index (κ1) is 20.3. The second kappa shape index (κ2) is 7.67. The summed E-state index contributed by atoms with van der Waals surface area (Å²) < 4.78 is 43.7.